The molecule has 0 aliphatic heterocycles. The minimum Gasteiger partial charge on any atom is -0.462 e. The molecule has 0 aromatic rings. The molecule has 0 aromatic heterocycles. The van der Waals surface area contributed by atoms with E-state index in [0.717, 1.165) is 128 Å². The normalized spacial score (nSPS) is 13.0. The molecule has 0 saturated heterocycles. The second kappa shape index (κ2) is 70.0. The van der Waals surface area contributed by atoms with E-state index in [4.69, 9.17) is 14.2 Å². The molecule has 0 heterocycles. The third kappa shape index (κ3) is 68.2. The maximum atomic E-state index is 13.0. The van der Waals surface area contributed by atoms with Gasteiger partial charge in [0.1, 0.15) is 13.2 Å². The summed E-state index contributed by atoms with van der Waals surface area (Å²) < 4.78 is 16.9. The highest BCUT2D eigenvalue weighted by molar-refractivity contribution is 5.71. The first-order valence-corrected chi connectivity index (χ1v) is 34.7. The average Bonchev–Trinajstić information content (AvgIpc) is 3.49. The Balaban J connectivity index is 4.39. The third-order valence-corrected chi connectivity index (χ3v) is 14.6. The second-order valence-electron chi connectivity index (χ2n) is 22.7. The Kier molecular flexibility index (Phi) is 66.3. The van der Waals surface area contributed by atoms with Gasteiger partial charge in [0.25, 0.3) is 0 Å². The van der Waals surface area contributed by atoms with Crippen molar-refractivity contribution >= 4 is 17.9 Å². The predicted molar refractivity (Wildman–Crippen MR) is 362 cm³/mol. The van der Waals surface area contributed by atoms with Gasteiger partial charge in [0.15, 0.2) is 6.10 Å². The van der Waals surface area contributed by atoms with Gasteiger partial charge in [-0.3, -0.25) is 14.4 Å². The SMILES string of the molecule is CC/C=C\C/C=C\C/C=C\C/C=C\C/C=C\C/C=C\CCCCCCCCCCC(=O)OCC(COC(=O)CCCC/C=C\C/C=C\C/C=C\C/C=C\CC)OC(=O)CCCCCCCCCCCCC/C=C\CCCCCCCCCC. The molecule has 0 saturated carbocycles. The summed E-state index contributed by atoms with van der Waals surface area (Å²) in [5, 5.41) is 0. The first kappa shape index (κ1) is 78.5. The quantitative estimate of drug-likeness (QED) is 0.0261. The van der Waals surface area contributed by atoms with Gasteiger partial charge >= 0.3 is 17.9 Å². The Bertz CT molecular complexity index is 1750. The van der Waals surface area contributed by atoms with E-state index in [0.29, 0.717) is 19.3 Å². The monoisotopic (exact) mass is 1150 g/mol. The molecular weight excluding hydrogens is 1020 g/mol. The van der Waals surface area contributed by atoms with Gasteiger partial charge in [-0.15, -0.1) is 0 Å². The molecule has 0 spiro atoms. The van der Waals surface area contributed by atoms with Gasteiger partial charge in [-0.1, -0.05) is 296 Å². The number of esters is 3. The van der Waals surface area contributed by atoms with Crippen molar-refractivity contribution < 1.29 is 28.6 Å². The van der Waals surface area contributed by atoms with Gasteiger partial charge in [-0.25, -0.2) is 0 Å². The van der Waals surface area contributed by atoms with Gasteiger partial charge in [0, 0.05) is 19.3 Å². The molecule has 0 rings (SSSR count). The Morgan fingerprint density at radius 1 is 0.253 bits per heavy atom. The third-order valence-electron chi connectivity index (χ3n) is 14.6. The summed E-state index contributed by atoms with van der Waals surface area (Å²) in [4.78, 5) is 38.4. The summed E-state index contributed by atoms with van der Waals surface area (Å²) in [6.07, 6.45) is 99.0. The fourth-order valence-electron chi connectivity index (χ4n) is 9.49. The summed E-state index contributed by atoms with van der Waals surface area (Å²) in [5.41, 5.74) is 0. The van der Waals surface area contributed by atoms with Crippen molar-refractivity contribution in [1.82, 2.24) is 0 Å². The van der Waals surface area contributed by atoms with Crippen LogP contribution in [0.2, 0.25) is 0 Å². The lowest BCUT2D eigenvalue weighted by Gasteiger charge is -2.18. The average molecular weight is 1150 g/mol. The molecule has 6 heteroatoms. The minimum atomic E-state index is -0.805. The molecule has 6 nitrogen and oxygen atoms in total. The Morgan fingerprint density at radius 3 is 0.771 bits per heavy atom. The van der Waals surface area contributed by atoms with E-state index in [1.54, 1.807) is 0 Å². The van der Waals surface area contributed by atoms with Crippen LogP contribution in [0.4, 0.5) is 0 Å². The predicted octanol–water partition coefficient (Wildman–Crippen LogP) is 24.1. The lowest BCUT2D eigenvalue weighted by atomic mass is 10.0. The van der Waals surface area contributed by atoms with Crippen LogP contribution in [0.1, 0.15) is 316 Å². The molecule has 1 atom stereocenters. The van der Waals surface area contributed by atoms with E-state index >= 15 is 0 Å². The molecule has 0 radical (unpaired) electrons. The van der Waals surface area contributed by atoms with Gasteiger partial charge in [-0.05, 0) is 135 Å². The molecule has 0 amide bonds. The molecule has 0 aromatic carbocycles. The molecule has 0 N–H and O–H groups in total. The van der Waals surface area contributed by atoms with Crippen LogP contribution in [0.15, 0.2) is 134 Å². The van der Waals surface area contributed by atoms with Gasteiger partial charge in [-0.2, -0.15) is 0 Å². The minimum absolute atomic E-state index is 0.0985. The zero-order chi connectivity index (χ0) is 59.9. The molecule has 472 valence electrons. The second-order valence-corrected chi connectivity index (χ2v) is 22.7. The number of rotatable bonds is 62. The standard InChI is InChI=1S/C77H128O6/c1-4-7-10-13-16-19-22-25-28-30-32-34-36-37-38-39-41-42-44-46-49-52-55-58-61-64-67-70-76(79)82-73-74(72-81-75(78)69-66-63-60-57-54-51-48-27-24-21-18-15-12-9-6-3)83-77(80)71-68-65-62-59-56-53-50-47-45-43-40-35-33-31-29-26-23-20-17-14-11-8-5-2/h7,9-10,12,16,18-19,21,25,27-28,31-34,37-38,41-42,48,54,57,74H,4-6,8,11,13-15,17,20,22-24,26,29-30,35-36,39-40,43-47,49-53,55-56,58-73H2,1-3H3/b10-7-,12-9-,19-16-,21-18-,28-25-,33-31-,34-32-,38-37-,42-41-,48-27-,57-54-. The largest absolute Gasteiger partial charge is 0.462 e. The van der Waals surface area contributed by atoms with E-state index in [1.807, 2.05) is 0 Å². The van der Waals surface area contributed by atoms with E-state index < -0.39 is 6.10 Å². The summed E-state index contributed by atoms with van der Waals surface area (Å²) in [6, 6.07) is 0. The van der Waals surface area contributed by atoms with Gasteiger partial charge < -0.3 is 14.2 Å². The molecule has 1 unspecified atom stereocenters. The van der Waals surface area contributed by atoms with Crippen molar-refractivity contribution in [3.05, 3.63) is 134 Å². The summed E-state index contributed by atoms with van der Waals surface area (Å²) >= 11 is 0. The van der Waals surface area contributed by atoms with Crippen LogP contribution in [0.25, 0.3) is 0 Å². The van der Waals surface area contributed by atoms with Crippen LogP contribution in [0, 0.1) is 0 Å². The Labute approximate surface area is 513 Å². The zero-order valence-electron chi connectivity index (χ0n) is 54.2. The van der Waals surface area contributed by atoms with E-state index in [1.165, 1.54) is 148 Å². The number of ether oxygens (including phenoxy) is 3. The Hall–Kier alpha value is -4.45. The molecule has 0 bridgehead atoms. The highest BCUT2D eigenvalue weighted by Crippen LogP contribution is 2.16. The van der Waals surface area contributed by atoms with Crippen molar-refractivity contribution in [3.63, 3.8) is 0 Å². The van der Waals surface area contributed by atoms with E-state index in [9.17, 15) is 14.4 Å². The van der Waals surface area contributed by atoms with Crippen molar-refractivity contribution in [3.8, 4) is 0 Å². The molecule has 0 aliphatic rings. The molecule has 83 heavy (non-hydrogen) atoms. The van der Waals surface area contributed by atoms with Crippen molar-refractivity contribution in [2.24, 2.45) is 0 Å². The summed E-state index contributed by atoms with van der Waals surface area (Å²) in [5.74, 6) is -0.942. The van der Waals surface area contributed by atoms with Crippen molar-refractivity contribution in [2.75, 3.05) is 13.2 Å². The smallest absolute Gasteiger partial charge is 0.306 e. The first-order chi connectivity index (χ1) is 41.0. The van der Waals surface area contributed by atoms with Gasteiger partial charge in [0.05, 0.1) is 0 Å². The van der Waals surface area contributed by atoms with Crippen LogP contribution in [0.3, 0.4) is 0 Å². The number of hydrogen-bond donors (Lipinski definition) is 0. The fourth-order valence-corrected chi connectivity index (χ4v) is 9.49. The van der Waals surface area contributed by atoms with Crippen molar-refractivity contribution in [2.45, 2.75) is 322 Å². The van der Waals surface area contributed by atoms with E-state index in [2.05, 4.69) is 154 Å². The topological polar surface area (TPSA) is 78.9 Å². The summed E-state index contributed by atoms with van der Waals surface area (Å²) in [7, 11) is 0. The maximum Gasteiger partial charge on any atom is 0.306 e. The fraction of sp³-hybridized carbons (Fsp3) is 0.675. The number of carbonyl (C=O) groups excluding carboxylic acids is 3. The Morgan fingerprint density at radius 2 is 0.470 bits per heavy atom. The van der Waals surface area contributed by atoms with Crippen LogP contribution in [0.5, 0.6) is 0 Å². The zero-order valence-corrected chi connectivity index (χ0v) is 54.2. The van der Waals surface area contributed by atoms with Gasteiger partial charge in [0.2, 0.25) is 0 Å². The number of hydrogen-bond acceptors (Lipinski definition) is 6. The molecule has 0 fully saturated rings. The van der Waals surface area contributed by atoms with Crippen molar-refractivity contribution in [1.29, 1.82) is 0 Å². The lowest BCUT2D eigenvalue weighted by molar-refractivity contribution is -0.167. The molecule has 0 aliphatic carbocycles. The summed E-state index contributed by atoms with van der Waals surface area (Å²) in [6.45, 7) is 6.39. The van der Waals surface area contributed by atoms with Crippen LogP contribution in [-0.4, -0.2) is 37.2 Å². The maximum absolute atomic E-state index is 13.0. The molecular formula is C77H128O6. The van der Waals surface area contributed by atoms with Crippen LogP contribution in [-0.2, 0) is 28.6 Å². The van der Waals surface area contributed by atoms with E-state index in [-0.39, 0.29) is 31.1 Å². The highest BCUT2D eigenvalue weighted by Gasteiger charge is 2.19. The first-order valence-electron chi connectivity index (χ1n) is 34.7. The van der Waals surface area contributed by atoms with Crippen LogP contribution < -0.4 is 0 Å². The number of unbranched alkanes of at least 4 members (excludes halogenated alkanes) is 29. The lowest BCUT2D eigenvalue weighted by Crippen LogP contribution is -2.30. The van der Waals surface area contributed by atoms with Crippen LogP contribution >= 0.6 is 0 Å². The number of allylic oxidation sites excluding steroid dienone is 22. The highest BCUT2D eigenvalue weighted by atomic mass is 16.6. The number of carbonyl (C=O) groups is 3.